The fraction of sp³-hybridized carbons (Fsp3) is 0.375. The smallest absolute Gasteiger partial charge is 0.269 e. The number of hydrogen-bond donors (Lipinski definition) is 3. The van der Waals surface area contributed by atoms with Crippen LogP contribution in [-0.4, -0.2) is 24.3 Å². The molecule has 2 aromatic rings. The Morgan fingerprint density at radius 1 is 0.906 bits per heavy atom. The maximum absolute atomic E-state index is 12.2. The van der Waals surface area contributed by atoms with Gasteiger partial charge in [0.2, 0.25) is 11.8 Å². The van der Waals surface area contributed by atoms with E-state index in [2.05, 4.69) is 23.1 Å². The Bertz CT molecular complexity index is 916. The Labute approximate surface area is 193 Å². The van der Waals surface area contributed by atoms with Crippen LogP contribution in [0.4, 0.5) is 5.69 Å². The molecular formula is C24H30ClN3O4. The lowest BCUT2D eigenvalue weighted by Crippen LogP contribution is -2.41. The molecule has 32 heavy (non-hydrogen) atoms. The second-order valence-electron chi connectivity index (χ2n) is 7.40. The monoisotopic (exact) mass is 459 g/mol. The zero-order chi connectivity index (χ0) is 23.3. The molecule has 7 nitrogen and oxygen atoms in total. The summed E-state index contributed by atoms with van der Waals surface area (Å²) < 4.78 is 5.65. The van der Waals surface area contributed by atoms with E-state index in [1.165, 1.54) is 12.8 Å². The van der Waals surface area contributed by atoms with Gasteiger partial charge in [-0.05, 0) is 55.3 Å². The van der Waals surface area contributed by atoms with E-state index < -0.39 is 11.8 Å². The molecule has 0 aliphatic carbocycles. The molecule has 0 heterocycles. The second kappa shape index (κ2) is 13.4. The molecule has 2 aromatic carbocycles. The molecule has 0 atom stereocenters. The zero-order valence-corrected chi connectivity index (χ0v) is 19.3. The average molecular weight is 460 g/mol. The van der Waals surface area contributed by atoms with E-state index in [1.54, 1.807) is 49.4 Å². The number of carbonyl (C=O) groups excluding carboxylic acids is 3. The van der Waals surface area contributed by atoms with Gasteiger partial charge in [0.1, 0.15) is 5.75 Å². The molecule has 0 spiro atoms. The number of halogens is 1. The van der Waals surface area contributed by atoms with E-state index in [0.29, 0.717) is 28.6 Å². The number of anilines is 1. The molecule has 172 valence electrons. The standard InChI is InChI=1S/C24H30ClN3O4/c1-3-4-5-6-16-32-19-12-10-18(11-13-19)24(31)28-27-23(30)15-14-22(29)26-21-9-7-8-20(25)17(21)2/h7-13H,3-6,14-16H2,1-2H3,(H,26,29)(H,27,30)(H,28,31). The topological polar surface area (TPSA) is 96.5 Å². The van der Waals surface area contributed by atoms with Crippen molar-refractivity contribution in [3.05, 3.63) is 58.6 Å². The highest BCUT2D eigenvalue weighted by Crippen LogP contribution is 2.23. The molecule has 0 aromatic heterocycles. The van der Waals surface area contributed by atoms with Crippen molar-refractivity contribution in [2.45, 2.75) is 52.4 Å². The number of rotatable bonds is 11. The van der Waals surface area contributed by atoms with Crippen molar-refractivity contribution in [3.8, 4) is 5.75 Å². The van der Waals surface area contributed by atoms with Crippen molar-refractivity contribution in [2.24, 2.45) is 0 Å². The fourth-order valence-electron chi connectivity index (χ4n) is 2.87. The van der Waals surface area contributed by atoms with Crippen LogP contribution >= 0.6 is 11.6 Å². The Balaban J connectivity index is 1.69. The summed E-state index contributed by atoms with van der Waals surface area (Å²) >= 11 is 6.03. The lowest BCUT2D eigenvalue weighted by atomic mass is 10.2. The summed E-state index contributed by atoms with van der Waals surface area (Å²) in [7, 11) is 0. The van der Waals surface area contributed by atoms with Crippen LogP contribution in [0.15, 0.2) is 42.5 Å². The first-order valence-corrected chi connectivity index (χ1v) is 11.2. The van der Waals surface area contributed by atoms with E-state index in [0.717, 1.165) is 18.4 Å². The minimum absolute atomic E-state index is 0.0298. The first-order valence-electron chi connectivity index (χ1n) is 10.8. The number of nitrogens with one attached hydrogen (secondary N) is 3. The summed E-state index contributed by atoms with van der Waals surface area (Å²) in [5.74, 6) is -0.541. The third-order valence-corrected chi connectivity index (χ3v) is 5.23. The van der Waals surface area contributed by atoms with Crippen molar-refractivity contribution >= 4 is 35.0 Å². The third-order valence-electron chi connectivity index (χ3n) is 4.82. The van der Waals surface area contributed by atoms with Crippen LogP contribution in [-0.2, 0) is 9.59 Å². The Hall–Kier alpha value is -3.06. The number of amides is 3. The number of hydrogen-bond acceptors (Lipinski definition) is 4. The SMILES string of the molecule is CCCCCCOc1ccc(C(=O)NNC(=O)CCC(=O)Nc2cccc(Cl)c2C)cc1. The highest BCUT2D eigenvalue weighted by Gasteiger charge is 2.11. The van der Waals surface area contributed by atoms with Crippen molar-refractivity contribution in [2.75, 3.05) is 11.9 Å². The molecule has 0 radical (unpaired) electrons. The predicted molar refractivity (Wildman–Crippen MR) is 126 cm³/mol. The molecule has 0 saturated heterocycles. The summed E-state index contributed by atoms with van der Waals surface area (Å²) in [5, 5.41) is 3.27. The lowest BCUT2D eigenvalue weighted by Gasteiger charge is -2.10. The molecule has 3 N–H and O–H groups in total. The van der Waals surface area contributed by atoms with Gasteiger partial charge in [0.05, 0.1) is 6.61 Å². The highest BCUT2D eigenvalue weighted by atomic mass is 35.5. The van der Waals surface area contributed by atoms with Gasteiger partial charge in [-0.15, -0.1) is 0 Å². The summed E-state index contributed by atoms with van der Waals surface area (Å²) in [6.45, 7) is 4.60. The number of carbonyl (C=O) groups is 3. The fourth-order valence-corrected chi connectivity index (χ4v) is 3.04. The molecule has 3 amide bonds. The predicted octanol–water partition coefficient (Wildman–Crippen LogP) is 4.79. The maximum Gasteiger partial charge on any atom is 0.269 e. The van der Waals surface area contributed by atoms with Gasteiger partial charge < -0.3 is 10.1 Å². The summed E-state index contributed by atoms with van der Waals surface area (Å²) in [5.41, 5.74) is 6.41. The summed E-state index contributed by atoms with van der Waals surface area (Å²) in [6.07, 6.45) is 4.41. The van der Waals surface area contributed by atoms with Gasteiger partial charge in [-0.3, -0.25) is 25.2 Å². The maximum atomic E-state index is 12.2. The van der Waals surface area contributed by atoms with E-state index >= 15 is 0 Å². The van der Waals surface area contributed by atoms with E-state index in [4.69, 9.17) is 16.3 Å². The van der Waals surface area contributed by atoms with Crippen LogP contribution in [0.2, 0.25) is 5.02 Å². The number of hydrazine groups is 1. The van der Waals surface area contributed by atoms with Crippen LogP contribution in [0.5, 0.6) is 5.75 Å². The molecule has 0 aliphatic rings. The quantitative estimate of drug-likeness (QED) is 0.332. The van der Waals surface area contributed by atoms with Gasteiger partial charge in [-0.25, -0.2) is 0 Å². The minimum atomic E-state index is -0.469. The summed E-state index contributed by atoms with van der Waals surface area (Å²) in [6, 6.07) is 11.9. The van der Waals surface area contributed by atoms with Gasteiger partial charge in [0.15, 0.2) is 0 Å². The number of benzene rings is 2. The number of unbranched alkanes of at least 4 members (excludes halogenated alkanes) is 3. The molecular weight excluding hydrogens is 430 g/mol. The molecule has 0 bridgehead atoms. The Kier molecular flexibility index (Phi) is 10.5. The van der Waals surface area contributed by atoms with E-state index in [9.17, 15) is 14.4 Å². The molecule has 8 heteroatoms. The van der Waals surface area contributed by atoms with Crippen LogP contribution in [0.1, 0.15) is 61.4 Å². The van der Waals surface area contributed by atoms with Crippen molar-refractivity contribution in [1.82, 2.24) is 10.9 Å². The van der Waals surface area contributed by atoms with Crippen molar-refractivity contribution < 1.29 is 19.1 Å². The number of ether oxygens (including phenoxy) is 1. The average Bonchev–Trinajstić information content (AvgIpc) is 2.79. The molecule has 0 fully saturated rings. The third kappa shape index (κ3) is 8.59. The minimum Gasteiger partial charge on any atom is -0.494 e. The molecule has 0 saturated carbocycles. The van der Waals surface area contributed by atoms with Gasteiger partial charge >= 0.3 is 0 Å². The van der Waals surface area contributed by atoms with Gasteiger partial charge in [0, 0.05) is 29.1 Å². The lowest BCUT2D eigenvalue weighted by molar-refractivity contribution is -0.124. The van der Waals surface area contributed by atoms with Crippen molar-refractivity contribution in [1.29, 1.82) is 0 Å². The Morgan fingerprint density at radius 2 is 1.62 bits per heavy atom. The first kappa shape index (κ1) is 25.2. The van der Waals surface area contributed by atoms with E-state index in [1.807, 2.05) is 0 Å². The largest absolute Gasteiger partial charge is 0.494 e. The van der Waals surface area contributed by atoms with Gasteiger partial charge in [-0.2, -0.15) is 0 Å². The first-order chi connectivity index (χ1) is 15.4. The van der Waals surface area contributed by atoms with Crippen molar-refractivity contribution in [3.63, 3.8) is 0 Å². The normalized spacial score (nSPS) is 10.3. The zero-order valence-electron chi connectivity index (χ0n) is 18.5. The molecule has 0 unspecified atom stereocenters. The van der Waals surface area contributed by atoms with E-state index in [-0.39, 0.29) is 18.7 Å². The van der Waals surface area contributed by atoms with Crippen LogP contribution in [0, 0.1) is 6.92 Å². The van der Waals surface area contributed by atoms with Gasteiger partial charge in [0.25, 0.3) is 5.91 Å². The van der Waals surface area contributed by atoms with Crippen LogP contribution in [0.25, 0.3) is 0 Å². The molecule has 0 aliphatic heterocycles. The molecule has 2 rings (SSSR count). The van der Waals surface area contributed by atoms with Crippen LogP contribution < -0.4 is 20.9 Å². The van der Waals surface area contributed by atoms with Crippen LogP contribution in [0.3, 0.4) is 0 Å². The summed E-state index contributed by atoms with van der Waals surface area (Å²) in [4.78, 5) is 36.2. The highest BCUT2D eigenvalue weighted by molar-refractivity contribution is 6.31. The Morgan fingerprint density at radius 3 is 2.34 bits per heavy atom. The second-order valence-corrected chi connectivity index (χ2v) is 7.80. The van der Waals surface area contributed by atoms with Gasteiger partial charge in [-0.1, -0.05) is 43.9 Å².